The number of hydrogen-bond donors (Lipinski definition) is 2. The Morgan fingerprint density at radius 3 is 2.63 bits per heavy atom. The lowest BCUT2D eigenvalue weighted by atomic mass is 9.91. The van der Waals surface area contributed by atoms with Crippen molar-refractivity contribution >= 4 is 22.6 Å². The quantitative estimate of drug-likeness (QED) is 0.752. The predicted molar refractivity (Wildman–Crippen MR) is 86.4 cm³/mol. The Labute approximate surface area is 127 Å². The zero-order valence-electron chi connectivity index (χ0n) is 10.8. The van der Waals surface area contributed by atoms with Crippen LogP contribution in [-0.4, -0.2) is 11.7 Å². The fourth-order valence-corrected chi connectivity index (χ4v) is 4.01. The summed E-state index contributed by atoms with van der Waals surface area (Å²) in [5, 5.41) is 12.9. The third-order valence-corrected chi connectivity index (χ3v) is 4.89. The van der Waals surface area contributed by atoms with Crippen molar-refractivity contribution in [3.8, 4) is 16.9 Å². The van der Waals surface area contributed by atoms with Crippen molar-refractivity contribution in [1.29, 1.82) is 0 Å². The Morgan fingerprint density at radius 2 is 1.89 bits per heavy atom. The van der Waals surface area contributed by atoms with E-state index >= 15 is 0 Å². The van der Waals surface area contributed by atoms with Crippen LogP contribution in [0.4, 0.5) is 0 Å². The third-order valence-electron chi connectivity index (χ3n) is 3.73. The molecule has 0 radical (unpaired) electrons. The first-order valence-electron chi connectivity index (χ1n) is 6.51. The number of hydrogen-bond acceptors (Lipinski definition) is 2. The summed E-state index contributed by atoms with van der Waals surface area (Å²) in [4.78, 5) is 0. The summed E-state index contributed by atoms with van der Waals surface area (Å²) < 4.78 is 1.32. The van der Waals surface area contributed by atoms with E-state index in [2.05, 4.69) is 47.0 Å². The molecule has 0 saturated heterocycles. The lowest BCUT2D eigenvalue weighted by Crippen LogP contribution is -2.28. The molecule has 2 N–H and O–H groups in total. The van der Waals surface area contributed by atoms with Crippen LogP contribution >= 0.6 is 22.6 Å². The number of benzene rings is 2. The first kappa shape index (κ1) is 12.9. The maximum atomic E-state index is 9.40. The van der Waals surface area contributed by atoms with Gasteiger partial charge in [-0.2, -0.15) is 0 Å². The summed E-state index contributed by atoms with van der Waals surface area (Å²) in [5.74, 6) is 0.312. The molecule has 0 bridgehead atoms. The van der Waals surface area contributed by atoms with Crippen LogP contribution in [0.15, 0.2) is 36.4 Å². The van der Waals surface area contributed by atoms with Gasteiger partial charge in [0.05, 0.1) is 0 Å². The zero-order chi connectivity index (χ0) is 13.4. The van der Waals surface area contributed by atoms with E-state index < -0.39 is 0 Å². The van der Waals surface area contributed by atoms with Gasteiger partial charge in [0.15, 0.2) is 0 Å². The van der Waals surface area contributed by atoms with Gasteiger partial charge in [0, 0.05) is 9.61 Å². The lowest BCUT2D eigenvalue weighted by Gasteiger charge is -2.26. The number of rotatable bonds is 1. The summed E-state index contributed by atoms with van der Waals surface area (Å²) in [7, 11) is 0. The second-order valence-corrected chi connectivity index (χ2v) is 6.05. The highest BCUT2D eigenvalue weighted by molar-refractivity contribution is 14.1. The normalized spacial score (nSPS) is 18.1. The van der Waals surface area contributed by atoms with Gasteiger partial charge in [-0.05, 0) is 76.9 Å². The molecule has 0 aromatic heterocycles. The maximum absolute atomic E-state index is 9.40. The number of fused-ring (bicyclic) bond motifs is 1. The topological polar surface area (TPSA) is 32.3 Å². The van der Waals surface area contributed by atoms with Gasteiger partial charge in [-0.3, -0.25) is 0 Å². The average Bonchev–Trinajstić information content (AvgIpc) is 2.40. The van der Waals surface area contributed by atoms with Gasteiger partial charge in [0.25, 0.3) is 0 Å². The van der Waals surface area contributed by atoms with Crippen LogP contribution < -0.4 is 5.32 Å². The van der Waals surface area contributed by atoms with Crippen LogP contribution in [0.25, 0.3) is 11.1 Å². The van der Waals surface area contributed by atoms with Crippen LogP contribution in [0.5, 0.6) is 5.75 Å². The minimum Gasteiger partial charge on any atom is -0.508 e. The van der Waals surface area contributed by atoms with E-state index in [1.807, 2.05) is 12.1 Å². The summed E-state index contributed by atoms with van der Waals surface area (Å²) in [5.41, 5.74) is 5.29. The number of aromatic hydroxyl groups is 1. The molecule has 0 aliphatic carbocycles. The predicted octanol–water partition coefficient (Wildman–Crippen LogP) is 3.87. The molecule has 1 heterocycles. The number of phenols is 1. The average molecular weight is 365 g/mol. The van der Waals surface area contributed by atoms with E-state index in [1.54, 1.807) is 12.1 Å². The fourth-order valence-electron chi connectivity index (χ4n) is 2.71. The monoisotopic (exact) mass is 365 g/mol. The molecule has 1 aliphatic heterocycles. The van der Waals surface area contributed by atoms with Crippen molar-refractivity contribution in [3.63, 3.8) is 0 Å². The standard InChI is InChI=1S/C16H16INO/c1-10-15-12(8-9-18-10)4-7-14(16(15)17)11-2-5-13(19)6-3-11/h2-7,10,18-19H,8-9H2,1H3. The van der Waals surface area contributed by atoms with E-state index in [9.17, 15) is 5.11 Å². The molecule has 98 valence electrons. The van der Waals surface area contributed by atoms with Gasteiger partial charge in [-0.25, -0.2) is 0 Å². The van der Waals surface area contributed by atoms with Gasteiger partial charge in [0.1, 0.15) is 5.75 Å². The van der Waals surface area contributed by atoms with Crippen molar-refractivity contribution < 1.29 is 5.11 Å². The molecule has 2 nitrogen and oxygen atoms in total. The van der Waals surface area contributed by atoms with Crippen LogP contribution in [0.3, 0.4) is 0 Å². The smallest absolute Gasteiger partial charge is 0.115 e. The summed E-state index contributed by atoms with van der Waals surface area (Å²) in [6.07, 6.45) is 1.10. The Kier molecular flexibility index (Phi) is 3.50. The molecule has 1 unspecified atom stereocenters. The molecule has 19 heavy (non-hydrogen) atoms. The summed E-state index contributed by atoms with van der Waals surface area (Å²) in [6, 6.07) is 12.3. The molecule has 3 rings (SSSR count). The molecule has 3 heteroatoms. The maximum Gasteiger partial charge on any atom is 0.115 e. The van der Waals surface area contributed by atoms with E-state index in [0.717, 1.165) is 18.5 Å². The van der Waals surface area contributed by atoms with Crippen molar-refractivity contribution in [2.24, 2.45) is 0 Å². The number of halogens is 1. The van der Waals surface area contributed by atoms with E-state index in [-0.39, 0.29) is 0 Å². The second-order valence-electron chi connectivity index (χ2n) is 4.97. The van der Waals surface area contributed by atoms with Gasteiger partial charge in [-0.15, -0.1) is 0 Å². The fraction of sp³-hybridized carbons (Fsp3) is 0.250. The highest BCUT2D eigenvalue weighted by Gasteiger charge is 2.20. The molecule has 1 aliphatic rings. The Morgan fingerprint density at radius 1 is 1.16 bits per heavy atom. The van der Waals surface area contributed by atoms with E-state index in [4.69, 9.17) is 0 Å². The first-order chi connectivity index (χ1) is 9.16. The SMILES string of the molecule is CC1NCCc2ccc(-c3ccc(O)cc3)c(I)c21. The van der Waals surface area contributed by atoms with E-state index in [0.29, 0.717) is 11.8 Å². The van der Waals surface area contributed by atoms with Crippen molar-refractivity contribution in [1.82, 2.24) is 5.32 Å². The minimum absolute atomic E-state index is 0.312. The van der Waals surface area contributed by atoms with Crippen molar-refractivity contribution in [2.45, 2.75) is 19.4 Å². The van der Waals surface area contributed by atoms with Crippen LogP contribution in [0.2, 0.25) is 0 Å². The Hall–Kier alpha value is -1.07. The number of nitrogens with one attached hydrogen (secondary N) is 1. The zero-order valence-corrected chi connectivity index (χ0v) is 12.9. The number of phenolic OH excluding ortho intramolecular Hbond substituents is 1. The van der Waals surface area contributed by atoms with Crippen molar-refractivity contribution in [2.75, 3.05) is 6.54 Å². The third kappa shape index (κ3) is 2.37. The molecule has 0 fully saturated rings. The molecule has 2 aromatic carbocycles. The lowest BCUT2D eigenvalue weighted by molar-refractivity contribution is 0.475. The molecule has 1 atom stereocenters. The van der Waals surface area contributed by atoms with Crippen LogP contribution in [-0.2, 0) is 6.42 Å². The van der Waals surface area contributed by atoms with Gasteiger partial charge in [-0.1, -0.05) is 24.3 Å². The largest absolute Gasteiger partial charge is 0.508 e. The minimum atomic E-state index is 0.312. The molecular formula is C16H16INO. The molecule has 0 spiro atoms. The molecule has 0 amide bonds. The molecule has 0 saturated carbocycles. The van der Waals surface area contributed by atoms with Gasteiger partial charge < -0.3 is 10.4 Å². The van der Waals surface area contributed by atoms with E-state index in [1.165, 1.54) is 20.3 Å². The Balaban J connectivity index is 2.13. The second kappa shape index (κ2) is 5.13. The van der Waals surface area contributed by atoms with Gasteiger partial charge >= 0.3 is 0 Å². The Bertz CT molecular complexity index is 607. The highest BCUT2D eigenvalue weighted by atomic mass is 127. The molecular weight excluding hydrogens is 349 g/mol. The molecule has 2 aromatic rings. The van der Waals surface area contributed by atoms with Crippen LogP contribution in [0, 0.1) is 3.57 Å². The van der Waals surface area contributed by atoms with Crippen LogP contribution in [0.1, 0.15) is 24.1 Å². The van der Waals surface area contributed by atoms with Gasteiger partial charge in [0.2, 0.25) is 0 Å². The summed E-state index contributed by atoms with van der Waals surface area (Å²) >= 11 is 2.45. The summed E-state index contributed by atoms with van der Waals surface area (Å²) in [6.45, 7) is 3.28. The highest BCUT2D eigenvalue weighted by Crippen LogP contribution is 2.35. The first-order valence-corrected chi connectivity index (χ1v) is 7.59. The van der Waals surface area contributed by atoms with Crippen molar-refractivity contribution in [3.05, 3.63) is 51.1 Å².